The predicted octanol–water partition coefficient (Wildman–Crippen LogP) is 2.11. The van der Waals surface area contributed by atoms with Crippen molar-refractivity contribution in [3.63, 3.8) is 0 Å². The van der Waals surface area contributed by atoms with Gasteiger partial charge in [0.2, 0.25) is 5.91 Å². The van der Waals surface area contributed by atoms with Crippen LogP contribution >= 0.6 is 15.9 Å². The van der Waals surface area contributed by atoms with Gasteiger partial charge >= 0.3 is 0 Å². The van der Waals surface area contributed by atoms with E-state index in [9.17, 15) is 14.3 Å². The first-order valence-corrected chi connectivity index (χ1v) is 6.75. The molecule has 0 bridgehead atoms. The van der Waals surface area contributed by atoms with Crippen molar-refractivity contribution < 1.29 is 14.3 Å². The first-order valence-electron chi connectivity index (χ1n) is 5.96. The van der Waals surface area contributed by atoms with Gasteiger partial charge in [-0.05, 0) is 46.5 Å². The lowest BCUT2D eigenvalue weighted by Gasteiger charge is -2.29. The van der Waals surface area contributed by atoms with Gasteiger partial charge in [-0.1, -0.05) is 6.07 Å². The second-order valence-corrected chi connectivity index (χ2v) is 5.39. The number of carbonyl (C=O) groups excluding carboxylic acids is 1. The fourth-order valence-corrected chi connectivity index (χ4v) is 2.48. The third-order valence-electron chi connectivity index (χ3n) is 3.16. The first-order chi connectivity index (χ1) is 8.56. The van der Waals surface area contributed by atoms with Crippen LogP contribution in [-0.2, 0) is 11.2 Å². The molecule has 18 heavy (non-hydrogen) atoms. The molecular weight excluding hydrogens is 301 g/mol. The van der Waals surface area contributed by atoms with E-state index in [2.05, 4.69) is 15.9 Å². The van der Waals surface area contributed by atoms with E-state index in [4.69, 9.17) is 0 Å². The van der Waals surface area contributed by atoms with Crippen molar-refractivity contribution in [1.82, 2.24) is 4.90 Å². The highest BCUT2D eigenvalue weighted by Gasteiger charge is 2.21. The largest absolute Gasteiger partial charge is 0.393 e. The molecule has 1 aliphatic heterocycles. The van der Waals surface area contributed by atoms with Crippen molar-refractivity contribution in [1.29, 1.82) is 0 Å². The fourth-order valence-electron chi connectivity index (χ4n) is 2.05. The molecule has 1 aromatic carbocycles. The molecule has 1 aromatic rings. The second-order valence-electron chi connectivity index (χ2n) is 4.54. The minimum Gasteiger partial charge on any atom is -0.393 e. The Morgan fingerprint density at radius 2 is 2.11 bits per heavy atom. The highest BCUT2D eigenvalue weighted by Crippen LogP contribution is 2.18. The Balaban J connectivity index is 1.96. The Bertz CT molecular complexity index is 445. The van der Waals surface area contributed by atoms with E-state index >= 15 is 0 Å². The maximum Gasteiger partial charge on any atom is 0.226 e. The summed E-state index contributed by atoms with van der Waals surface area (Å²) in [7, 11) is 0. The zero-order chi connectivity index (χ0) is 13.1. The van der Waals surface area contributed by atoms with Gasteiger partial charge in [0, 0.05) is 13.1 Å². The maximum absolute atomic E-state index is 13.1. The maximum atomic E-state index is 13.1. The monoisotopic (exact) mass is 315 g/mol. The summed E-state index contributed by atoms with van der Waals surface area (Å²) in [5.74, 6) is -0.298. The molecule has 0 saturated carbocycles. The molecule has 2 rings (SSSR count). The number of aliphatic hydroxyl groups is 1. The van der Waals surface area contributed by atoms with Crippen LogP contribution in [0, 0.1) is 5.82 Å². The molecular formula is C13H15BrFNO2. The Morgan fingerprint density at radius 3 is 2.72 bits per heavy atom. The van der Waals surface area contributed by atoms with Gasteiger partial charge in [-0.2, -0.15) is 0 Å². The van der Waals surface area contributed by atoms with Crippen molar-refractivity contribution in [3.05, 3.63) is 34.1 Å². The van der Waals surface area contributed by atoms with Gasteiger partial charge in [0.25, 0.3) is 0 Å². The summed E-state index contributed by atoms with van der Waals surface area (Å²) in [6.07, 6.45) is 1.26. The molecule has 0 unspecified atom stereocenters. The fraction of sp³-hybridized carbons (Fsp3) is 0.462. The molecule has 0 spiro atoms. The summed E-state index contributed by atoms with van der Waals surface area (Å²) in [5, 5.41) is 9.38. The third-order valence-corrected chi connectivity index (χ3v) is 3.76. The van der Waals surface area contributed by atoms with E-state index in [0.717, 1.165) is 5.56 Å². The number of benzene rings is 1. The normalized spacial score (nSPS) is 16.9. The quantitative estimate of drug-likeness (QED) is 0.908. The molecule has 1 heterocycles. The molecule has 0 radical (unpaired) electrons. The van der Waals surface area contributed by atoms with Gasteiger partial charge in [0.1, 0.15) is 5.82 Å². The molecule has 1 aliphatic rings. The molecule has 1 N–H and O–H groups in total. The summed E-state index contributed by atoms with van der Waals surface area (Å²) < 4.78 is 13.4. The smallest absolute Gasteiger partial charge is 0.226 e. The van der Waals surface area contributed by atoms with Crippen molar-refractivity contribution in [2.24, 2.45) is 0 Å². The highest BCUT2D eigenvalue weighted by molar-refractivity contribution is 9.10. The minimum absolute atomic E-state index is 0.0282. The number of aliphatic hydroxyl groups excluding tert-OH is 1. The topological polar surface area (TPSA) is 40.5 Å². The van der Waals surface area contributed by atoms with Crippen LogP contribution in [0.4, 0.5) is 4.39 Å². The number of nitrogens with zero attached hydrogens (tertiary/aromatic N) is 1. The van der Waals surface area contributed by atoms with Crippen LogP contribution in [0.15, 0.2) is 22.7 Å². The number of hydrogen-bond acceptors (Lipinski definition) is 2. The summed E-state index contributed by atoms with van der Waals surface area (Å²) in [6, 6.07) is 4.61. The Morgan fingerprint density at radius 1 is 1.44 bits per heavy atom. The van der Waals surface area contributed by atoms with E-state index in [1.165, 1.54) is 6.07 Å². The van der Waals surface area contributed by atoms with Gasteiger partial charge in [-0.3, -0.25) is 4.79 Å². The first kappa shape index (κ1) is 13.5. The number of hydrogen-bond donors (Lipinski definition) is 1. The summed E-state index contributed by atoms with van der Waals surface area (Å²) in [4.78, 5) is 13.8. The van der Waals surface area contributed by atoms with Crippen molar-refractivity contribution in [2.75, 3.05) is 13.1 Å². The van der Waals surface area contributed by atoms with Crippen LogP contribution in [0.5, 0.6) is 0 Å². The summed E-state index contributed by atoms with van der Waals surface area (Å²) >= 11 is 3.11. The zero-order valence-corrected chi connectivity index (χ0v) is 11.5. The minimum atomic E-state index is -0.327. The van der Waals surface area contributed by atoms with Crippen LogP contribution < -0.4 is 0 Å². The van der Waals surface area contributed by atoms with Gasteiger partial charge in [-0.25, -0.2) is 4.39 Å². The average Bonchev–Trinajstić information content (AvgIpc) is 2.34. The van der Waals surface area contributed by atoms with E-state index in [1.54, 1.807) is 17.0 Å². The molecule has 1 saturated heterocycles. The zero-order valence-electron chi connectivity index (χ0n) is 9.90. The lowest BCUT2D eigenvalue weighted by atomic mass is 10.1. The Kier molecular flexibility index (Phi) is 4.35. The number of likely N-dealkylation sites (tertiary alicyclic amines) is 1. The molecule has 5 heteroatoms. The molecule has 3 nitrogen and oxygen atoms in total. The molecule has 98 valence electrons. The average molecular weight is 316 g/mol. The summed E-state index contributed by atoms with van der Waals surface area (Å²) in [6.45, 7) is 1.20. The van der Waals surface area contributed by atoms with Crippen LogP contribution in [0.1, 0.15) is 18.4 Å². The number of halogens is 2. The Hall–Kier alpha value is -0.940. The van der Waals surface area contributed by atoms with E-state index in [1.807, 2.05) is 0 Å². The molecule has 0 atom stereocenters. The van der Waals surface area contributed by atoms with Crippen LogP contribution in [0.25, 0.3) is 0 Å². The lowest BCUT2D eigenvalue weighted by molar-refractivity contribution is -0.132. The van der Waals surface area contributed by atoms with Crippen LogP contribution in [0.2, 0.25) is 0 Å². The predicted molar refractivity (Wildman–Crippen MR) is 69.6 cm³/mol. The second kappa shape index (κ2) is 5.80. The van der Waals surface area contributed by atoms with E-state index < -0.39 is 0 Å². The molecule has 1 fully saturated rings. The highest BCUT2D eigenvalue weighted by atomic mass is 79.9. The molecule has 1 amide bonds. The van der Waals surface area contributed by atoms with Gasteiger partial charge < -0.3 is 10.0 Å². The van der Waals surface area contributed by atoms with Crippen LogP contribution in [0.3, 0.4) is 0 Å². The van der Waals surface area contributed by atoms with Crippen molar-refractivity contribution in [3.8, 4) is 0 Å². The van der Waals surface area contributed by atoms with Crippen molar-refractivity contribution >= 4 is 21.8 Å². The van der Waals surface area contributed by atoms with Crippen LogP contribution in [-0.4, -0.2) is 35.1 Å². The van der Waals surface area contributed by atoms with Gasteiger partial charge in [-0.15, -0.1) is 0 Å². The molecule has 0 aliphatic carbocycles. The number of piperidine rings is 1. The van der Waals surface area contributed by atoms with Gasteiger partial charge in [0.15, 0.2) is 0 Å². The standard InChI is InChI=1S/C13H15BrFNO2/c14-11-7-9(1-2-12(11)15)8-13(18)16-5-3-10(17)4-6-16/h1-2,7,10,17H,3-6,8H2. The number of rotatable bonds is 2. The van der Waals surface area contributed by atoms with Gasteiger partial charge in [0.05, 0.1) is 17.0 Å². The van der Waals surface area contributed by atoms with E-state index in [-0.39, 0.29) is 24.2 Å². The number of amides is 1. The third kappa shape index (κ3) is 3.29. The van der Waals surface area contributed by atoms with Crippen molar-refractivity contribution in [2.45, 2.75) is 25.4 Å². The van der Waals surface area contributed by atoms with E-state index in [0.29, 0.717) is 30.4 Å². The Labute approximate surface area is 114 Å². The summed E-state index contributed by atoms with van der Waals surface area (Å²) in [5.41, 5.74) is 0.791. The lowest BCUT2D eigenvalue weighted by Crippen LogP contribution is -2.40. The number of carbonyl (C=O) groups is 1. The SMILES string of the molecule is O=C(Cc1ccc(F)c(Br)c1)N1CCC(O)CC1. The molecule has 0 aromatic heterocycles.